The van der Waals surface area contributed by atoms with Gasteiger partial charge in [-0.2, -0.15) is 0 Å². The minimum atomic E-state index is -0.392. The van der Waals surface area contributed by atoms with Crippen LogP contribution in [0.1, 0.15) is 25.8 Å². The summed E-state index contributed by atoms with van der Waals surface area (Å²) in [6.45, 7) is 5.08. The Bertz CT molecular complexity index is 372. The van der Waals surface area contributed by atoms with Crippen LogP contribution < -0.4 is 5.32 Å². The third-order valence-electron chi connectivity index (χ3n) is 2.38. The molecule has 1 aromatic carbocycles. The van der Waals surface area contributed by atoms with Crippen molar-refractivity contribution in [2.24, 2.45) is 0 Å². The molecule has 0 amide bonds. The third-order valence-corrected chi connectivity index (χ3v) is 2.38. The van der Waals surface area contributed by atoms with Crippen LogP contribution in [0.5, 0.6) is 0 Å². The van der Waals surface area contributed by atoms with Crippen molar-refractivity contribution in [1.82, 2.24) is 5.32 Å². The fourth-order valence-corrected chi connectivity index (χ4v) is 1.48. The van der Waals surface area contributed by atoms with Gasteiger partial charge in [0.25, 0.3) is 0 Å². The van der Waals surface area contributed by atoms with E-state index in [1.165, 1.54) is 12.1 Å². The highest BCUT2D eigenvalue weighted by molar-refractivity contribution is 5.21. The topological polar surface area (TPSA) is 12.0 Å². The van der Waals surface area contributed by atoms with Gasteiger partial charge in [0.2, 0.25) is 0 Å². The molecule has 1 aromatic rings. The summed E-state index contributed by atoms with van der Waals surface area (Å²) in [5.74, 6) is -0.743. The Morgan fingerprint density at radius 1 is 1.24 bits per heavy atom. The first-order chi connectivity index (χ1) is 8.09. The molecule has 3 heteroatoms. The van der Waals surface area contributed by atoms with Gasteiger partial charge in [0.15, 0.2) is 0 Å². The number of benzene rings is 1. The standard InChI is InChI=1S/C14H19F2N/c1-11(2)17-9-5-3-4-6-12-10-13(15)7-8-14(12)16/h3-4,7-8,10-11,17H,5-6,9H2,1-2H3. The summed E-state index contributed by atoms with van der Waals surface area (Å²) in [5.41, 5.74) is 0.401. The third kappa shape index (κ3) is 5.59. The largest absolute Gasteiger partial charge is 0.314 e. The maximum absolute atomic E-state index is 13.2. The molecule has 17 heavy (non-hydrogen) atoms. The van der Waals surface area contributed by atoms with Crippen LogP contribution >= 0.6 is 0 Å². The quantitative estimate of drug-likeness (QED) is 0.592. The predicted molar refractivity (Wildman–Crippen MR) is 67.0 cm³/mol. The summed E-state index contributed by atoms with van der Waals surface area (Å²) in [6, 6.07) is 4.02. The van der Waals surface area contributed by atoms with E-state index in [9.17, 15) is 8.78 Å². The Hall–Kier alpha value is -1.22. The lowest BCUT2D eigenvalue weighted by Crippen LogP contribution is -2.23. The van der Waals surface area contributed by atoms with Crippen molar-refractivity contribution in [1.29, 1.82) is 0 Å². The second-order valence-corrected chi connectivity index (χ2v) is 4.31. The van der Waals surface area contributed by atoms with Crippen LogP contribution in [0.15, 0.2) is 30.4 Å². The average Bonchev–Trinajstić information content (AvgIpc) is 2.27. The number of nitrogens with one attached hydrogen (secondary N) is 1. The van der Waals surface area contributed by atoms with Gasteiger partial charge in [-0.15, -0.1) is 0 Å². The summed E-state index contributed by atoms with van der Waals surface area (Å²) in [5, 5.41) is 3.28. The zero-order chi connectivity index (χ0) is 12.7. The van der Waals surface area contributed by atoms with E-state index in [4.69, 9.17) is 0 Å². The number of allylic oxidation sites excluding steroid dienone is 1. The van der Waals surface area contributed by atoms with Crippen molar-refractivity contribution in [2.75, 3.05) is 6.54 Å². The van der Waals surface area contributed by atoms with Crippen molar-refractivity contribution < 1.29 is 8.78 Å². The number of hydrogen-bond donors (Lipinski definition) is 1. The molecule has 0 heterocycles. The lowest BCUT2D eigenvalue weighted by Gasteiger charge is -2.04. The van der Waals surface area contributed by atoms with Gasteiger partial charge in [0, 0.05) is 6.04 Å². The van der Waals surface area contributed by atoms with Crippen LogP contribution in [-0.4, -0.2) is 12.6 Å². The van der Waals surface area contributed by atoms with Crippen molar-refractivity contribution in [3.63, 3.8) is 0 Å². The van der Waals surface area contributed by atoms with E-state index in [1.807, 2.05) is 12.2 Å². The van der Waals surface area contributed by atoms with E-state index < -0.39 is 5.82 Å². The zero-order valence-electron chi connectivity index (χ0n) is 10.3. The lowest BCUT2D eigenvalue weighted by atomic mass is 10.1. The Balaban J connectivity index is 2.34. The fourth-order valence-electron chi connectivity index (χ4n) is 1.48. The zero-order valence-corrected chi connectivity index (χ0v) is 10.3. The van der Waals surface area contributed by atoms with E-state index in [-0.39, 0.29) is 5.82 Å². The first-order valence-corrected chi connectivity index (χ1v) is 5.92. The SMILES string of the molecule is CC(C)NCCC=CCc1cc(F)ccc1F. The molecule has 0 unspecified atom stereocenters. The highest BCUT2D eigenvalue weighted by Crippen LogP contribution is 2.10. The summed E-state index contributed by atoms with van der Waals surface area (Å²) in [6.07, 6.45) is 5.19. The predicted octanol–water partition coefficient (Wildman–Crippen LogP) is 3.45. The summed E-state index contributed by atoms with van der Waals surface area (Å²) >= 11 is 0. The molecule has 0 fully saturated rings. The van der Waals surface area contributed by atoms with Gasteiger partial charge in [-0.25, -0.2) is 8.78 Å². The molecule has 0 aliphatic carbocycles. The Labute approximate surface area is 102 Å². The van der Waals surface area contributed by atoms with E-state index in [0.29, 0.717) is 18.0 Å². The molecule has 0 spiro atoms. The molecule has 0 saturated carbocycles. The second-order valence-electron chi connectivity index (χ2n) is 4.31. The maximum atomic E-state index is 13.2. The van der Waals surface area contributed by atoms with Crippen LogP contribution in [0.2, 0.25) is 0 Å². The summed E-state index contributed by atoms with van der Waals surface area (Å²) in [7, 11) is 0. The monoisotopic (exact) mass is 239 g/mol. The van der Waals surface area contributed by atoms with Crippen LogP contribution in [0.3, 0.4) is 0 Å². The van der Waals surface area contributed by atoms with Gasteiger partial charge >= 0.3 is 0 Å². The van der Waals surface area contributed by atoms with Gasteiger partial charge in [-0.1, -0.05) is 26.0 Å². The number of halogens is 2. The van der Waals surface area contributed by atoms with Gasteiger partial charge in [-0.05, 0) is 43.1 Å². The fraction of sp³-hybridized carbons (Fsp3) is 0.429. The van der Waals surface area contributed by atoms with E-state index in [1.54, 1.807) is 0 Å². The van der Waals surface area contributed by atoms with Crippen molar-refractivity contribution in [3.8, 4) is 0 Å². The lowest BCUT2D eigenvalue weighted by molar-refractivity contribution is 0.588. The van der Waals surface area contributed by atoms with Crippen molar-refractivity contribution in [2.45, 2.75) is 32.7 Å². The molecule has 0 bridgehead atoms. The Morgan fingerprint density at radius 2 is 2.00 bits per heavy atom. The molecular weight excluding hydrogens is 220 g/mol. The van der Waals surface area contributed by atoms with Crippen molar-refractivity contribution >= 4 is 0 Å². The highest BCUT2D eigenvalue weighted by Gasteiger charge is 2.01. The summed E-state index contributed by atoms with van der Waals surface area (Å²) < 4.78 is 26.1. The number of rotatable bonds is 6. The van der Waals surface area contributed by atoms with Gasteiger partial charge in [0.05, 0.1) is 0 Å². The molecule has 1 rings (SSSR count). The first kappa shape index (κ1) is 13.8. The second kappa shape index (κ2) is 7.17. The molecule has 0 saturated heterocycles. The van der Waals surface area contributed by atoms with E-state index in [0.717, 1.165) is 19.0 Å². The normalized spacial score (nSPS) is 11.6. The first-order valence-electron chi connectivity index (χ1n) is 5.92. The van der Waals surface area contributed by atoms with Gasteiger partial charge in [0.1, 0.15) is 11.6 Å². The van der Waals surface area contributed by atoms with E-state index >= 15 is 0 Å². The minimum Gasteiger partial charge on any atom is -0.314 e. The highest BCUT2D eigenvalue weighted by atomic mass is 19.1. The molecule has 0 aliphatic rings. The van der Waals surface area contributed by atoms with Gasteiger partial charge < -0.3 is 5.32 Å². The Morgan fingerprint density at radius 3 is 2.71 bits per heavy atom. The molecular formula is C14H19F2N. The smallest absolute Gasteiger partial charge is 0.126 e. The molecule has 0 aromatic heterocycles. The molecule has 1 N–H and O–H groups in total. The molecule has 0 atom stereocenters. The van der Waals surface area contributed by atoms with Crippen LogP contribution in [0, 0.1) is 11.6 Å². The van der Waals surface area contributed by atoms with Crippen LogP contribution in [0.25, 0.3) is 0 Å². The molecule has 0 radical (unpaired) electrons. The van der Waals surface area contributed by atoms with Crippen LogP contribution in [-0.2, 0) is 6.42 Å². The summed E-state index contributed by atoms with van der Waals surface area (Å²) in [4.78, 5) is 0. The number of hydrogen-bond acceptors (Lipinski definition) is 1. The average molecular weight is 239 g/mol. The maximum Gasteiger partial charge on any atom is 0.126 e. The molecule has 94 valence electrons. The van der Waals surface area contributed by atoms with Crippen molar-refractivity contribution in [3.05, 3.63) is 47.5 Å². The minimum absolute atomic E-state index is 0.351. The van der Waals surface area contributed by atoms with Crippen LogP contribution in [0.4, 0.5) is 8.78 Å². The molecule has 0 aliphatic heterocycles. The van der Waals surface area contributed by atoms with Gasteiger partial charge in [-0.3, -0.25) is 0 Å². The van der Waals surface area contributed by atoms with E-state index in [2.05, 4.69) is 19.2 Å². The molecule has 1 nitrogen and oxygen atoms in total. The Kier molecular flexibility index (Phi) is 5.84.